The topological polar surface area (TPSA) is 145 Å². The fraction of sp³-hybridized carbons (Fsp3) is 0.346. The van der Waals surface area contributed by atoms with Gasteiger partial charge in [0.1, 0.15) is 6.04 Å². The van der Waals surface area contributed by atoms with Crippen LogP contribution in [0.4, 0.5) is 0 Å². The maximum absolute atomic E-state index is 12.5. The number of nitrogens with zero attached hydrogens (tertiary/aromatic N) is 1. The Kier molecular flexibility index (Phi) is 9.76. The zero-order valence-electron chi connectivity index (χ0n) is 20.4. The van der Waals surface area contributed by atoms with E-state index in [1.54, 1.807) is 0 Å². The van der Waals surface area contributed by atoms with Crippen LogP contribution in [0.15, 0.2) is 42.5 Å². The lowest BCUT2D eigenvalue weighted by molar-refractivity contribution is -0.135. The molecule has 0 unspecified atom stereocenters. The number of carbonyl (C=O) groups is 5. The average Bonchev–Trinajstić information content (AvgIpc) is 3.12. The second-order valence-electron chi connectivity index (χ2n) is 8.67. The monoisotopic (exact) mass is 528 g/mol. The smallest absolute Gasteiger partial charge is 0.267 e. The van der Waals surface area contributed by atoms with E-state index in [9.17, 15) is 24.0 Å². The van der Waals surface area contributed by atoms with E-state index in [0.29, 0.717) is 11.4 Å². The molecule has 0 saturated heterocycles. The first-order valence-electron chi connectivity index (χ1n) is 12.0. The van der Waals surface area contributed by atoms with Gasteiger partial charge in [-0.25, -0.2) is 5.48 Å². The molecular weight excluding hydrogens is 500 g/mol. The van der Waals surface area contributed by atoms with Crippen LogP contribution in [-0.2, 0) is 27.2 Å². The van der Waals surface area contributed by atoms with E-state index in [1.165, 1.54) is 29.2 Å². The molecule has 0 aromatic heterocycles. The van der Waals surface area contributed by atoms with Gasteiger partial charge in [0.05, 0.1) is 11.1 Å². The molecule has 0 bridgehead atoms. The van der Waals surface area contributed by atoms with Crippen molar-refractivity contribution >= 4 is 41.1 Å². The third-order valence-corrected chi connectivity index (χ3v) is 6.20. The van der Waals surface area contributed by atoms with Crippen molar-refractivity contribution in [1.82, 2.24) is 21.0 Å². The van der Waals surface area contributed by atoms with Gasteiger partial charge in [-0.2, -0.15) is 0 Å². The second-order valence-corrected chi connectivity index (χ2v) is 9.11. The largest absolute Gasteiger partial charge is 0.353 e. The van der Waals surface area contributed by atoms with E-state index in [-0.39, 0.29) is 43.0 Å². The number of hydrogen-bond donors (Lipinski definition) is 4. The van der Waals surface area contributed by atoms with Crippen molar-refractivity contribution in [2.75, 3.05) is 13.1 Å². The number of halogens is 1. The summed E-state index contributed by atoms with van der Waals surface area (Å²) in [4.78, 5) is 62.7. The minimum absolute atomic E-state index is 0.162. The van der Waals surface area contributed by atoms with Crippen molar-refractivity contribution in [2.24, 2.45) is 0 Å². The summed E-state index contributed by atoms with van der Waals surface area (Å²) in [5.74, 6) is -3.00. The van der Waals surface area contributed by atoms with Crippen molar-refractivity contribution in [2.45, 2.75) is 45.1 Å². The number of hydroxylamine groups is 1. The van der Waals surface area contributed by atoms with Crippen LogP contribution in [0.1, 0.15) is 58.0 Å². The molecule has 10 nitrogen and oxygen atoms in total. The number of fused-ring (bicyclic) bond motifs is 1. The normalized spacial score (nSPS) is 13.2. The number of imide groups is 1. The van der Waals surface area contributed by atoms with E-state index in [4.69, 9.17) is 16.8 Å². The van der Waals surface area contributed by atoms with Crippen molar-refractivity contribution in [3.05, 3.63) is 69.7 Å². The molecule has 0 radical (unpaired) electrons. The fourth-order valence-electron chi connectivity index (χ4n) is 3.96. The summed E-state index contributed by atoms with van der Waals surface area (Å²) < 4.78 is 0. The standard InChI is InChI=1S/C26H29ClN4O6/c1-2-3-16-4-6-17(7-5-16)8-11-22(32)28-15-21(24(34)30-37)29-23(33)12-13-31-25(35)19-10-9-18(27)14-20(19)26(31)36/h4-7,9-10,14,21,37H,2-3,8,11-13,15H2,1H3,(H,28,32)(H,29,33)(H,30,34)/t21-/m0/s1. The zero-order valence-corrected chi connectivity index (χ0v) is 21.1. The SMILES string of the molecule is CCCc1ccc(CCC(=O)NC[C@H](NC(=O)CCN2C(=O)c3ccc(Cl)cc3C2=O)C(=O)NO)cc1. The Balaban J connectivity index is 1.47. The Morgan fingerprint density at radius 2 is 1.57 bits per heavy atom. The maximum atomic E-state index is 12.5. The Morgan fingerprint density at radius 1 is 0.919 bits per heavy atom. The highest BCUT2D eigenvalue weighted by atomic mass is 35.5. The molecule has 37 heavy (non-hydrogen) atoms. The van der Waals surface area contributed by atoms with Gasteiger partial charge in [0, 0.05) is 31.0 Å². The molecule has 0 spiro atoms. The summed E-state index contributed by atoms with van der Waals surface area (Å²) in [6.07, 6.45) is 2.45. The highest BCUT2D eigenvalue weighted by molar-refractivity contribution is 6.32. The molecule has 1 atom stereocenters. The van der Waals surface area contributed by atoms with Crippen molar-refractivity contribution in [3.8, 4) is 0 Å². The number of carbonyl (C=O) groups excluding carboxylic acids is 5. The third kappa shape index (κ3) is 7.37. The molecular formula is C26H29ClN4O6. The quantitative estimate of drug-likeness (QED) is 0.188. The minimum atomic E-state index is -1.25. The van der Waals surface area contributed by atoms with E-state index in [2.05, 4.69) is 17.6 Å². The lowest BCUT2D eigenvalue weighted by atomic mass is 10.0. The number of aryl methyl sites for hydroxylation is 2. The highest BCUT2D eigenvalue weighted by Gasteiger charge is 2.35. The van der Waals surface area contributed by atoms with Gasteiger partial charge in [0.25, 0.3) is 17.7 Å². The molecule has 1 heterocycles. The summed E-state index contributed by atoms with van der Waals surface area (Å²) in [5, 5.41) is 14.3. The van der Waals surface area contributed by atoms with Crippen LogP contribution in [0.5, 0.6) is 0 Å². The Labute approximate surface area is 219 Å². The molecule has 5 amide bonds. The Morgan fingerprint density at radius 3 is 2.22 bits per heavy atom. The van der Waals surface area contributed by atoms with Crippen LogP contribution < -0.4 is 16.1 Å². The lowest BCUT2D eigenvalue weighted by Crippen LogP contribution is -2.52. The first-order chi connectivity index (χ1) is 17.7. The van der Waals surface area contributed by atoms with Crippen molar-refractivity contribution < 1.29 is 29.2 Å². The van der Waals surface area contributed by atoms with E-state index in [0.717, 1.165) is 23.3 Å². The van der Waals surface area contributed by atoms with Gasteiger partial charge in [0.15, 0.2) is 0 Å². The van der Waals surface area contributed by atoms with Crippen LogP contribution in [0, 0.1) is 0 Å². The van der Waals surface area contributed by atoms with Gasteiger partial charge in [0.2, 0.25) is 11.8 Å². The average molecular weight is 529 g/mol. The van der Waals surface area contributed by atoms with E-state index >= 15 is 0 Å². The lowest BCUT2D eigenvalue weighted by Gasteiger charge is -2.19. The van der Waals surface area contributed by atoms with Gasteiger partial charge in [-0.3, -0.25) is 34.1 Å². The van der Waals surface area contributed by atoms with Crippen LogP contribution in [-0.4, -0.2) is 58.8 Å². The molecule has 196 valence electrons. The summed E-state index contributed by atoms with van der Waals surface area (Å²) in [6, 6.07) is 11.1. The van der Waals surface area contributed by atoms with Crippen LogP contribution in [0.25, 0.3) is 0 Å². The molecule has 4 N–H and O–H groups in total. The molecule has 3 rings (SSSR count). The molecule has 1 aliphatic rings. The minimum Gasteiger partial charge on any atom is -0.353 e. The summed E-state index contributed by atoms with van der Waals surface area (Å²) in [7, 11) is 0. The molecule has 0 aliphatic carbocycles. The maximum Gasteiger partial charge on any atom is 0.267 e. The molecule has 1 aliphatic heterocycles. The van der Waals surface area contributed by atoms with Crippen LogP contribution in [0.3, 0.4) is 0 Å². The fourth-order valence-corrected chi connectivity index (χ4v) is 4.13. The number of nitrogens with one attached hydrogen (secondary N) is 3. The first-order valence-corrected chi connectivity index (χ1v) is 12.3. The van der Waals surface area contributed by atoms with Crippen molar-refractivity contribution in [1.29, 1.82) is 0 Å². The second kappa shape index (κ2) is 13.0. The van der Waals surface area contributed by atoms with Crippen LogP contribution in [0.2, 0.25) is 5.02 Å². The van der Waals surface area contributed by atoms with Crippen LogP contribution >= 0.6 is 11.6 Å². The Bertz CT molecular complexity index is 1180. The molecule has 11 heteroatoms. The Hall–Kier alpha value is -3.76. The number of amides is 5. The molecule has 0 fully saturated rings. The predicted molar refractivity (Wildman–Crippen MR) is 135 cm³/mol. The third-order valence-electron chi connectivity index (χ3n) is 5.96. The number of rotatable bonds is 12. The summed E-state index contributed by atoms with van der Waals surface area (Å²) in [6.45, 7) is 1.64. The summed E-state index contributed by atoms with van der Waals surface area (Å²) in [5.41, 5.74) is 4.06. The van der Waals surface area contributed by atoms with Gasteiger partial charge >= 0.3 is 0 Å². The van der Waals surface area contributed by atoms with Crippen molar-refractivity contribution in [3.63, 3.8) is 0 Å². The van der Waals surface area contributed by atoms with Gasteiger partial charge in [-0.15, -0.1) is 0 Å². The van der Waals surface area contributed by atoms with E-state index in [1.807, 2.05) is 24.3 Å². The molecule has 0 saturated carbocycles. The first kappa shape index (κ1) is 27.8. The van der Waals surface area contributed by atoms with Gasteiger partial charge in [-0.05, 0) is 42.2 Å². The highest BCUT2D eigenvalue weighted by Crippen LogP contribution is 2.25. The number of hydrogen-bond acceptors (Lipinski definition) is 6. The van der Waals surface area contributed by atoms with Gasteiger partial charge in [-0.1, -0.05) is 49.2 Å². The van der Waals surface area contributed by atoms with Gasteiger partial charge < -0.3 is 10.6 Å². The molecule has 2 aromatic rings. The number of benzene rings is 2. The summed E-state index contributed by atoms with van der Waals surface area (Å²) >= 11 is 5.90. The van der Waals surface area contributed by atoms with E-state index < -0.39 is 29.7 Å². The molecule has 2 aromatic carbocycles. The predicted octanol–water partition coefficient (Wildman–Crippen LogP) is 2.02. The zero-order chi connectivity index (χ0) is 26.9.